The maximum absolute atomic E-state index is 15.4. The van der Waals surface area contributed by atoms with E-state index in [1.807, 2.05) is 6.07 Å². The minimum absolute atomic E-state index is 0.0214. The first-order chi connectivity index (χ1) is 20.8. The fourth-order valence-electron chi connectivity index (χ4n) is 4.79. The predicted molar refractivity (Wildman–Crippen MR) is 147 cm³/mol. The highest BCUT2D eigenvalue weighted by atomic mass is 19.1. The third-order valence-corrected chi connectivity index (χ3v) is 7.12. The Bertz CT molecular complexity index is 1900. The summed E-state index contributed by atoms with van der Waals surface area (Å²) >= 11 is 0. The van der Waals surface area contributed by atoms with Crippen molar-refractivity contribution in [2.45, 2.75) is 32.1 Å². The lowest BCUT2D eigenvalue weighted by molar-refractivity contribution is -0.0589. The zero-order valence-corrected chi connectivity index (χ0v) is 22.4. The van der Waals surface area contributed by atoms with Crippen molar-refractivity contribution >= 4 is 17.0 Å². The summed E-state index contributed by atoms with van der Waals surface area (Å²) in [6, 6.07) is 14.2. The minimum Gasteiger partial charge on any atom is -0.478 e. The molecule has 1 fully saturated rings. The Morgan fingerprint density at radius 3 is 2.63 bits per heavy atom. The Labute approximate surface area is 242 Å². The van der Waals surface area contributed by atoms with Crippen molar-refractivity contribution in [2.24, 2.45) is 0 Å². The van der Waals surface area contributed by atoms with Crippen LogP contribution < -0.4 is 4.74 Å². The molecule has 0 unspecified atom stereocenters. The SMILES string of the molecule is N#Cc1ccc(COc2cccc(-c3cc(F)c(Cc4nc5c(F)cc(C(=O)O)cc5n4C[C@@H]4CCO4)cc3F)n2)cn1. The molecule has 1 saturated heterocycles. The Morgan fingerprint density at radius 2 is 1.93 bits per heavy atom. The Hall–Kier alpha value is -5.28. The third-order valence-electron chi connectivity index (χ3n) is 7.12. The first-order valence-corrected chi connectivity index (χ1v) is 13.3. The van der Waals surface area contributed by atoms with Crippen LogP contribution in [0.5, 0.6) is 5.88 Å². The average molecular weight is 586 g/mol. The predicted octanol–water partition coefficient (Wildman–Crippen LogP) is 5.44. The fraction of sp³-hybridized carbons (Fsp3) is 0.194. The molecule has 4 heterocycles. The number of carbonyl (C=O) groups is 1. The number of halogens is 3. The summed E-state index contributed by atoms with van der Waals surface area (Å²) in [5.41, 5.74) is 0.938. The van der Waals surface area contributed by atoms with E-state index in [9.17, 15) is 14.3 Å². The molecule has 43 heavy (non-hydrogen) atoms. The highest BCUT2D eigenvalue weighted by Gasteiger charge is 2.25. The van der Waals surface area contributed by atoms with Crippen LogP contribution in [0.4, 0.5) is 13.2 Å². The van der Waals surface area contributed by atoms with Gasteiger partial charge in [-0.15, -0.1) is 0 Å². The summed E-state index contributed by atoms with van der Waals surface area (Å²) in [7, 11) is 0. The minimum atomic E-state index is -1.30. The summed E-state index contributed by atoms with van der Waals surface area (Å²) in [5.74, 6) is -3.16. The van der Waals surface area contributed by atoms with Gasteiger partial charge in [0.1, 0.15) is 41.3 Å². The van der Waals surface area contributed by atoms with Crippen LogP contribution in [0.2, 0.25) is 0 Å². The molecule has 1 aliphatic heterocycles. The Kier molecular flexibility index (Phi) is 7.48. The molecule has 5 aromatic rings. The lowest BCUT2D eigenvalue weighted by Gasteiger charge is -2.27. The van der Waals surface area contributed by atoms with Crippen LogP contribution in [0, 0.1) is 28.8 Å². The molecule has 1 N–H and O–H groups in total. The molecule has 6 rings (SSSR count). The molecule has 0 radical (unpaired) electrons. The molecule has 3 aromatic heterocycles. The quantitative estimate of drug-likeness (QED) is 0.243. The van der Waals surface area contributed by atoms with Gasteiger partial charge in [-0.05, 0) is 48.4 Å². The van der Waals surface area contributed by atoms with Crippen LogP contribution in [0.25, 0.3) is 22.3 Å². The second-order valence-corrected chi connectivity index (χ2v) is 9.96. The number of carboxylic acids is 1. The van der Waals surface area contributed by atoms with Gasteiger partial charge in [-0.25, -0.2) is 32.9 Å². The monoisotopic (exact) mass is 585 g/mol. The third kappa shape index (κ3) is 5.75. The van der Waals surface area contributed by atoms with Crippen LogP contribution in [-0.2, 0) is 24.3 Å². The van der Waals surface area contributed by atoms with E-state index in [1.165, 1.54) is 18.3 Å². The van der Waals surface area contributed by atoms with E-state index >= 15 is 8.78 Å². The van der Waals surface area contributed by atoms with Crippen molar-refractivity contribution in [3.05, 3.63) is 106 Å². The molecule has 2 aromatic carbocycles. The van der Waals surface area contributed by atoms with Crippen molar-refractivity contribution in [1.29, 1.82) is 5.26 Å². The summed E-state index contributed by atoms with van der Waals surface area (Å²) in [6.07, 6.45) is 1.88. The van der Waals surface area contributed by atoms with Gasteiger partial charge in [0.25, 0.3) is 0 Å². The average Bonchev–Trinajstić information content (AvgIpc) is 3.33. The number of pyridine rings is 2. The molecule has 0 spiro atoms. The van der Waals surface area contributed by atoms with Crippen molar-refractivity contribution < 1.29 is 32.5 Å². The standard InChI is InChI=1S/C31H22F3N5O4/c32-23-12-22(26-2-1-3-29(37-26)43-16-17-4-5-20(13-35)36-14-17)24(33)8-18(23)11-28-38-30-25(34)9-19(31(40)41)10-27(30)39(28)15-21-6-7-42-21/h1-5,8-10,12,14,21H,6-7,11,15-16H2,(H,40,41)/t21-/m0/s1. The molecule has 216 valence electrons. The Morgan fingerprint density at radius 1 is 1.09 bits per heavy atom. The number of ether oxygens (including phenoxy) is 2. The molecule has 0 amide bonds. The number of rotatable bonds is 9. The Balaban J connectivity index is 1.28. The number of hydrogen-bond acceptors (Lipinski definition) is 7. The van der Waals surface area contributed by atoms with Crippen molar-refractivity contribution in [3.63, 3.8) is 0 Å². The van der Waals surface area contributed by atoms with Crippen LogP contribution in [0.15, 0.2) is 60.8 Å². The van der Waals surface area contributed by atoms with Gasteiger partial charge in [-0.1, -0.05) is 12.1 Å². The topological polar surface area (TPSA) is 123 Å². The number of aromatic nitrogens is 4. The van der Waals surface area contributed by atoms with Gasteiger partial charge in [0.15, 0.2) is 5.82 Å². The van der Waals surface area contributed by atoms with Gasteiger partial charge in [-0.2, -0.15) is 5.26 Å². The van der Waals surface area contributed by atoms with Gasteiger partial charge in [-0.3, -0.25) is 0 Å². The van der Waals surface area contributed by atoms with E-state index in [-0.39, 0.29) is 76.5 Å². The first-order valence-electron chi connectivity index (χ1n) is 13.3. The van der Waals surface area contributed by atoms with Crippen LogP contribution >= 0.6 is 0 Å². The molecule has 1 aliphatic rings. The number of carboxylic acid groups (broad SMARTS) is 1. The van der Waals surface area contributed by atoms with Crippen LogP contribution in [0.1, 0.15) is 39.4 Å². The summed E-state index contributed by atoms with van der Waals surface area (Å²) in [6.45, 7) is 0.924. The van der Waals surface area contributed by atoms with Gasteiger partial charge in [0.05, 0.1) is 29.4 Å². The summed E-state index contributed by atoms with van der Waals surface area (Å²) in [4.78, 5) is 24.2. The molecule has 9 nitrogen and oxygen atoms in total. The normalized spacial score (nSPS) is 14.3. The molecule has 0 bridgehead atoms. The van der Waals surface area contributed by atoms with E-state index in [0.717, 1.165) is 24.6 Å². The molecular weight excluding hydrogens is 563 g/mol. The number of fused-ring (bicyclic) bond motifs is 1. The highest BCUT2D eigenvalue weighted by molar-refractivity contribution is 5.92. The van der Waals surface area contributed by atoms with Crippen molar-refractivity contribution in [1.82, 2.24) is 19.5 Å². The number of benzene rings is 2. The van der Waals surface area contributed by atoms with Gasteiger partial charge < -0.3 is 19.1 Å². The van der Waals surface area contributed by atoms with Crippen LogP contribution in [0.3, 0.4) is 0 Å². The molecular formula is C31H22F3N5O4. The maximum Gasteiger partial charge on any atom is 0.335 e. The zero-order chi connectivity index (χ0) is 30.1. The first kappa shape index (κ1) is 27.9. The van der Waals surface area contributed by atoms with E-state index in [0.29, 0.717) is 12.2 Å². The zero-order valence-electron chi connectivity index (χ0n) is 22.4. The number of aromatic carboxylic acids is 1. The highest BCUT2D eigenvalue weighted by Crippen LogP contribution is 2.30. The van der Waals surface area contributed by atoms with Crippen molar-refractivity contribution in [3.8, 4) is 23.2 Å². The number of nitriles is 1. The van der Waals surface area contributed by atoms with Gasteiger partial charge >= 0.3 is 5.97 Å². The van der Waals surface area contributed by atoms with E-state index < -0.39 is 23.4 Å². The number of imidazole rings is 1. The molecule has 0 aliphatic carbocycles. The molecule has 0 saturated carbocycles. The van der Waals surface area contributed by atoms with E-state index in [2.05, 4.69) is 15.0 Å². The second kappa shape index (κ2) is 11.5. The van der Waals surface area contributed by atoms with E-state index in [4.69, 9.17) is 14.7 Å². The second-order valence-electron chi connectivity index (χ2n) is 9.96. The maximum atomic E-state index is 15.4. The fourth-order valence-corrected chi connectivity index (χ4v) is 4.79. The number of hydrogen-bond donors (Lipinski definition) is 1. The van der Waals surface area contributed by atoms with Gasteiger partial charge in [0, 0.05) is 36.4 Å². The summed E-state index contributed by atoms with van der Waals surface area (Å²) in [5, 5.41) is 18.3. The largest absolute Gasteiger partial charge is 0.478 e. The lowest BCUT2D eigenvalue weighted by Crippen LogP contribution is -2.31. The van der Waals surface area contributed by atoms with Crippen molar-refractivity contribution in [2.75, 3.05) is 6.61 Å². The lowest BCUT2D eigenvalue weighted by atomic mass is 10.0. The summed E-state index contributed by atoms with van der Waals surface area (Å²) < 4.78 is 58.5. The van der Waals surface area contributed by atoms with E-state index in [1.54, 1.807) is 28.8 Å². The molecule has 12 heteroatoms. The van der Waals surface area contributed by atoms with Crippen LogP contribution in [-0.4, -0.2) is 43.3 Å². The van der Waals surface area contributed by atoms with Gasteiger partial charge in [0.2, 0.25) is 5.88 Å². The number of nitrogens with zero attached hydrogens (tertiary/aromatic N) is 5. The molecule has 1 atom stereocenters. The smallest absolute Gasteiger partial charge is 0.335 e.